The van der Waals surface area contributed by atoms with E-state index in [2.05, 4.69) is 24.1 Å². The summed E-state index contributed by atoms with van der Waals surface area (Å²) in [5, 5.41) is 14.3. The lowest BCUT2D eigenvalue weighted by molar-refractivity contribution is -0.385. The third-order valence-corrected chi connectivity index (χ3v) is 5.34. The summed E-state index contributed by atoms with van der Waals surface area (Å²) in [7, 11) is 0. The summed E-state index contributed by atoms with van der Waals surface area (Å²) in [4.78, 5) is 25.9. The number of nitrogens with one attached hydrogen (secondary N) is 1. The lowest BCUT2D eigenvalue weighted by atomic mass is 9.92. The first-order chi connectivity index (χ1) is 12.0. The maximum Gasteiger partial charge on any atom is 0.285 e. The zero-order valence-corrected chi connectivity index (χ0v) is 15.5. The topological polar surface area (TPSA) is 75.5 Å². The molecule has 1 saturated heterocycles. The average molecular weight is 347 g/mol. The lowest BCUT2D eigenvalue weighted by Crippen LogP contribution is -2.47. The molecule has 1 fully saturated rings. The van der Waals surface area contributed by atoms with Gasteiger partial charge in [0.05, 0.1) is 4.92 Å². The fourth-order valence-corrected chi connectivity index (χ4v) is 3.88. The van der Waals surface area contributed by atoms with E-state index in [1.807, 2.05) is 0 Å². The minimum atomic E-state index is -0.469. The highest BCUT2D eigenvalue weighted by atomic mass is 16.6. The Bertz CT molecular complexity index is 606. The van der Waals surface area contributed by atoms with Crippen LogP contribution in [0.4, 0.5) is 5.69 Å². The molecule has 0 saturated carbocycles. The second kappa shape index (κ2) is 8.94. The van der Waals surface area contributed by atoms with Crippen LogP contribution in [0.5, 0.6) is 0 Å². The Hall–Kier alpha value is -1.95. The fraction of sp³-hybridized carbons (Fsp3) is 0.632. The molecule has 138 valence electrons. The van der Waals surface area contributed by atoms with Gasteiger partial charge in [-0.05, 0) is 44.8 Å². The van der Waals surface area contributed by atoms with E-state index in [-0.39, 0.29) is 17.2 Å². The molecule has 1 N–H and O–H groups in total. The van der Waals surface area contributed by atoms with E-state index in [1.54, 1.807) is 19.1 Å². The van der Waals surface area contributed by atoms with Gasteiger partial charge in [-0.1, -0.05) is 38.8 Å². The van der Waals surface area contributed by atoms with E-state index < -0.39 is 4.92 Å². The Morgan fingerprint density at radius 3 is 2.48 bits per heavy atom. The Balaban J connectivity index is 2.13. The Kier molecular flexibility index (Phi) is 6.93. The smallest absolute Gasteiger partial charge is 0.285 e. The molecule has 0 radical (unpaired) electrons. The molecule has 6 nitrogen and oxygen atoms in total. The van der Waals surface area contributed by atoms with Gasteiger partial charge in [-0.2, -0.15) is 0 Å². The van der Waals surface area contributed by atoms with Crippen molar-refractivity contribution < 1.29 is 9.72 Å². The maximum atomic E-state index is 12.6. The van der Waals surface area contributed by atoms with Gasteiger partial charge >= 0.3 is 0 Å². The average Bonchev–Trinajstić information content (AvgIpc) is 3.12. The molecule has 1 aliphatic rings. The molecule has 1 unspecified atom stereocenters. The molecule has 0 spiro atoms. The summed E-state index contributed by atoms with van der Waals surface area (Å²) in [5.41, 5.74) is 0.559. The number of benzene rings is 1. The van der Waals surface area contributed by atoms with Gasteiger partial charge in [0.15, 0.2) is 0 Å². The number of para-hydroxylation sites is 1. The standard InChI is InChI=1S/C19H29N3O3/c1-4-15(5-2)17(21-11-6-7-12-21)13-20-19(23)16-10-8-9-14(3)18(16)22(24)25/h8-10,15,17H,4-7,11-13H2,1-3H3,(H,20,23). The summed E-state index contributed by atoms with van der Waals surface area (Å²) in [6.45, 7) is 8.71. The van der Waals surface area contributed by atoms with Crippen molar-refractivity contribution in [2.24, 2.45) is 5.92 Å². The van der Waals surface area contributed by atoms with Crippen molar-refractivity contribution in [2.75, 3.05) is 19.6 Å². The van der Waals surface area contributed by atoms with E-state index in [4.69, 9.17) is 0 Å². The highest BCUT2D eigenvalue weighted by molar-refractivity contribution is 5.98. The molecule has 1 aromatic rings. The molecule has 1 aromatic carbocycles. The van der Waals surface area contributed by atoms with Gasteiger partial charge in [-0.15, -0.1) is 0 Å². The second-order valence-electron chi connectivity index (χ2n) is 6.83. The summed E-state index contributed by atoms with van der Waals surface area (Å²) < 4.78 is 0. The summed E-state index contributed by atoms with van der Waals surface area (Å²) in [6, 6.07) is 5.18. The minimum absolute atomic E-state index is 0.0970. The van der Waals surface area contributed by atoms with Crippen molar-refractivity contribution in [2.45, 2.75) is 52.5 Å². The number of aryl methyl sites for hydroxylation is 1. The van der Waals surface area contributed by atoms with Crippen LogP contribution in [-0.4, -0.2) is 41.4 Å². The van der Waals surface area contributed by atoms with E-state index in [0.29, 0.717) is 24.1 Å². The normalized spacial score (nSPS) is 16.2. The molecule has 1 atom stereocenters. The van der Waals surface area contributed by atoms with Gasteiger partial charge in [-0.25, -0.2) is 0 Å². The van der Waals surface area contributed by atoms with Crippen LogP contribution < -0.4 is 5.32 Å². The van der Waals surface area contributed by atoms with E-state index in [0.717, 1.165) is 25.9 Å². The van der Waals surface area contributed by atoms with Crippen molar-refractivity contribution in [1.29, 1.82) is 0 Å². The van der Waals surface area contributed by atoms with Crippen LogP contribution in [0.15, 0.2) is 18.2 Å². The molecule has 6 heteroatoms. The molecule has 1 aliphatic heterocycles. The van der Waals surface area contributed by atoms with Gasteiger partial charge in [0.25, 0.3) is 11.6 Å². The molecular formula is C19H29N3O3. The predicted octanol–water partition coefficient (Wildman–Crippen LogP) is 3.53. The number of nitro groups is 1. The van der Waals surface area contributed by atoms with Crippen LogP contribution >= 0.6 is 0 Å². The van der Waals surface area contributed by atoms with Crippen molar-refractivity contribution in [3.05, 3.63) is 39.4 Å². The largest absolute Gasteiger partial charge is 0.350 e. The van der Waals surface area contributed by atoms with E-state index in [1.165, 1.54) is 18.9 Å². The number of hydrogen-bond acceptors (Lipinski definition) is 4. The number of likely N-dealkylation sites (tertiary alicyclic amines) is 1. The number of rotatable bonds is 8. The first kappa shape index (κ1) is 19.4. The number of carbonyl (C=O) groups is 1. The third kappa shape index (κ3) is 4.57. The van der Waals surface area contributed by atoms with Crippen LogP contribution in [0.1, 0.15) is 55.5 Å². The molecular weight excluding hydrogens is 318 g/mol. The molecule has 0 aromatic heterocycles. The van der Waals surface area contributed by atoms with E-state index >= 15 is 0 Å². The monoisotopic (exact) mass is 347 g/mol. The van der Waals surface area contributed by atoms with Crippen molar-refractivity contribution in [3.8, 4) is 0 Å². The summed E-state index contributed by atoms with van der Waals surface area (Å²) in [6.07, 6.45) is 4.54. The SMILES string of the molecule is CCC(CC)C(CNC(=O)c1cccc(C)c1[N+](=O)[O-])N1CCCC1. The Morgan fingerprint density at radius 2 is 1.92 bits per heavy atom. The quantitative estimate of drug-likeness (QED) is 0.576. The van der Waals surface area contributed by atoms with Crippen LogP contribution in [0.3, 0.4) is 0 Å². The molecule has 0 aliphatic carbocycles. The lowest BCUT2D eigenvalue weighted by Gasteiger charge is -2.33. The molecule has 1 heterocycles. The third-order valence-electron chi connectivity index (χ3n) is 5.34. The summed E-state index contributed by atoms with van der Waals surface area (Å²) in [5.74, 6) is 0.163. The zero-order valence-electron chi connectivity index (χ0n) is 15.5. The molecule has 2 rings (SSSR count). The van der Waals surface area contributed by atoms with Crippen molar-refractivity contribution in [3.63, 3.8) is 0 Å². The minimum Gasteiger partial charge on any atom is -0.350 e. The van der Waals surface area contributed by atoms with Crippen LogP contribution in [0, 0.1) is 23.0 Å². The summed E-state index contributed by atoms with van der Waals surface area (Å²) >= 11 is 0. The second-order valence-corrected chi connectivity index (χ2v) is 6.83. The Morgan fingerprint density at radius 1 is 1.28 bits per heavy atom. The van der Waals surface area contributed by atoms with Gasteiger partial charge in [0, 0.05) is 18.2 Å². The van der Waals surface area contributed by atoms with Crippen molar-refractivity contribution >= 4 is 11.6 Å². The molecule has 1 amide bonds. The number of hydrogen-bond donors (Lipinski definition) is 1. The number of carbonyl (C=O) groups excluding carboxylic acids is 1. The molecule has 0 bridgehead atoms. The predicted molar refractivity (Wildman–Crippen MR) is 98.8 cm³/mol. The zero-order chi connectivity index (χ0) is 18.4. The first-order valence-corrected chi connectivity index (χ1v) is 9.25. The van der Waals surface area contributed by atoms with Gasteiger partial charge in [0.2, 0.25) is 0 Å². The van der Waals surface area contributed by atoms with Gasteiger partial charge in [0.1, 0.15) is 5.56 Å². The van der Waals surface area contributed by atoms with Crippen LogP contribution in [0.25, 0.3) is 0 Å². The highest BCUT2D eigenvalue weighted by Gasteiger charge is 2.29. The van der Waals surface area contributed by atoms with E-state index in [9.17, 15) is 14.9 Å². The Labute approximate surface area is 149 Å². The van der Waals surface area contributed by atoms with Crippen LogP contribution in [0.2, 0.25) is 0 Å². The van der Waals surface area contributed by atoms with Crippen LogP contribution in [-0.2, 0) is 0 Å². The van der Waals surface area contributed by atoms with Crippen molar-refractivity contribution in [1.82, 2.24) is 10.2 Å². The fourth-order valence-electron chi connectivity index (χ4n) is 3.88. The number of nitro benzene ring substituents is 1. The number of nitrogens with zero attached hydrogens (tertiary/aromatic N) is 2. The number of amides is 1. The van der Waals surface area contributed by atoms with Gasteiger partial charge in [-0.3, -0.25) is 19.8 Å². The highest BCUT2D eigenvalue weighted by Crippen LogP contribution is 2.24. The maximum absolute atomic E-state index is 12.6. The van der Waals surface area contributed by atoms with Gasteiger partial charge < -0.3 is 5.32 Å². The first-order valence-electron chi connectivity index (χ1n) is 9.25. The molecule has 25 heavy (non-hydrogen) atoms.